The van der Waals surface area contributed by atoms with Crippen LogP contribution in [0, 0.1) is 0 Å². The lowest BCUT2D eigenvalue weighted by atomic mass is 10.1. The lowest BCUT2D eigenvalue weighted by Gasteiger charge is -2.15. The third-order valence-corrected chi connectivity index (χ3v) is 2.48. The van der Waals surface area contributed by atoms with Crippen molar-refractivity contribution in [2.75, 3.05) is 30.5 Å². The molecule has 0 radical (unpaired) electrons. The second kappa shape index (κ2) is 4.29. The average molecular weight is 229 g/mol. The standard InChI is InChI=1S/C12H15N5/c1-17(2)11-4-3-8(7-9(11)13)10-5-6-15-12(14)16-10/h3-7H,13H2,1-2H3,(H2,14,15,16). The molecule has 0 bridgehead atoms. The summed E-state index contributed by atoms with van der Waals surface area (Å²) >= 11 is 0. The van der Waals surface area contributed by atoms with E-state index in [2.05, 4.69) is 9.97 Å². The molecule has 0 saturated carbocycles. The highest BCUT2D eigenvalue weighted by Crippen LogP contribution is 2.27. The molecule has 0 aliphatic carbocycles. The van der Waals surface area contributed by atoms with Gasteiger partial charge in [0.2, 0.25) is 5.95 Å². The largest absolute Gasteiger partial charge is 0.397 e. The fourth-order valence-corrected chi connectivity index (χ4v) is 1.66. The Kier molecular flexibility index (Phi) is 2.82. The molecule has 88 valence electrons. The predicted molar refractivity (Wildman–Crippen MR) is 70.6 cm³/mol. The van der Waals surface area contributed by atoms with E-state index in [1.54, 1.807) is 12.3 Å². The monoisotopic (exact) mass is 229 g/mol. The topological polar surface area (TPSA) is 81.1 Å². The normalized spacial score (nSPS) is 10.2. The molecule has 2 rings (SSSR count). The van der Waals surface area contributed by atoms with Crippen molar-refractivity contribution >= 4 is 17.3 Å². The van der Waals surface area contributed by atoms with Gasteiger partial charge in [0.1, 0.15) is 0 Å². The minimum Gasteiger partial charge on any atom is -0.397 e. The van der Waals surface area contributed by atoms with Gasteiger partial charge in [-0.3, -0.25) is 0 Å². The minimum absolute atomic E-state index is 0.262. The van der Waals surface area contributed by atoms with E-state index in [9.17, 15) is 0 Å². The maximum Gasteiger partial charge on any atom is 0.220 e. The summed E-state index contributed by atoms with van der Waals surface area (Å²) in [5, 5.41) is 0. The van der Waals surface area contributed by atoms with E-state index in [0.717, 1.165) is 16.9 Å². The van der Waals surface area contributed by atoms with Gasteiger partial charge in [0.25, 0.3) is 0 Å². The van der Waals surface area contributed by atoms with Crippen molar-refractivity contribution in [2.45, 2.75) is 0 Å². The zero-order chi connectivity index (χ0) is 12.4. The number of benzene rings is 1. The van der Waals surface area contributed by atoms with Crippen LogP contribution in [0.15, 0.2) is 30.5 Å². The van der Waals surface area contributed by atoms with Crippen LogP contribution in [0.3, 0.4) is 0 Å². The second-order valence-electron chi connectivity index (χ2n) is 3.97. The van der Waals surface area contributed by atoms with Crippen LogP contribution < -0.4 is 16.4 Å². The van der Waals surface area contributed by atoms with Crippen LogP contribution in [0.4, 0.5) is 17.3 Å². The molecule has 0 atom stereocenters. The first kappa shape index (κ1) is 11.2. The molecule has 0 aliphatic rings. The summed E-state index contributed by atoms with van der Waals surface area (Å²) in [6.45, 7) is 0. The van der Waals surface area contributed by atoms with Gasteiger partial charge in [-0.1, -0.05) is 6.07 Å². The van der Waals surface area contributed by atoms with Crippen LogP contribution in [-0.2, 0) is 0 Å². The highest BCUT2D eigenvalue weighted by molar-refractivity contribution is 5.75. The summed E-state index contributed by atoms with van der Waals surface area (Å²) < 4.78 is 0. The first-order chi connectivity index (χ1) is 8.08. The Morgan fingerprint density at radius 2 is 1.88 bits per heavy atom. The SMILES string of the molecule is CN(C)c1ccc(-c2ccnc(N)n2)cc1N. The number of hydrogen-bond acceptors (Lipinski definition) is 5. The number of aromatic nitrogens is 2. The Morgan fingerprint density at radius 3 is 2.47 bits per heavy atom. The smallest absolute Gasteiger partial charge is 0.220 e. The van der Waals surface area contributed by atoms with Gasteiger partial charge >= 0.3 is 0 Å². The summed E-state index contributed by atoms with van der Waals surface area (Å²) in [6.07, 6.45) is 1.63. The number of nitrogens with zero attached hydrogens (tertiary/aromatic N) is 3. The van der Waals surface area contributed by atoms with Crippen LogP contribution in [-0.4, -0.2) is 24.1 Å². The zero-order valence-electron chi connectivity index (χ0n) is 9.88. The molecule has 17 heavy (non-hydrogen) atoms. The molecular formula is C12H15N5. The molecule has 0 spiro atoms. The molecule has 0 unspecified atom stereocenters. The van der Waals surface area contributed by atoms with Crippen LogP contribution in [0.1, 0.15) is 0 Å². The van der Waals surface area contributed by atoms with E-state index in [1.165, 1.54) is 0 Å². The zero-order valence-corrected chi connectivity index (χ0v) is 9.88. The van der Waals surface area contributed by atoms with Crippen molar-refractivity contribution in [1.82, 2.24) is 9.97 Å². The molecule has 1 heterocycles. The minimum atomic E-state index is 0.262. The Bertz CT molecular complexity index is 536. The molecule has 1 aromatic heterocycles. The molecule has 5 heteroatoms. The Hall–Kier alpha value is -2.30. The van der Waals surface area contributed by atoms with Crippen molar-refractivity contribution in [1.29, 1.82) is 0 Å². The Morgan fingerprint density at radius 1 is 1.12 bits per heavy atom. The first-order valence-corrected chi connectivity index (χ1v) is 5.23. The van der Waals surface area contributed by atoms with Crippen molar-refractivity contribution in [2.24, 2.45) is 0 Å². The Labute approximate surface area is 100 Å². The van der Waals surface area contributed by atoms with Crippen LogP contribution >= 0.6 is 0 Å². The average Bonchev–Trinajstić information content (AvgIpc) is 2.28. The van der Waals surface area contributed by atoms with E-state index in [1.807, 2.05) is 37.2 Å². The quantitative estimate of drug-likeness (QED) is 0.760. The molecule has 5 nitrogen and oxygen atoms in total. The van der Waals surface area contributed by atoms with Crippen molar-refractivity contribution < 1.29 is 0 Å². The van der Waals surface area contributed by atoms with Crippen molar-refractivity contribution in [3.05, 3.63) is 30.5 Å². The van der Waals surface area contributed by atoms with E-state index < -0.39 is 0 Å². The van der Waals surface area contributed by atoms with Gasteiger partial charge < -0.3 is 16.4 Å². The Balaban J connectivity index is 2.44. The number of anilines is 3. The highest BCUT2D eigenvalue weighted by atomic mass is 15.1. The van der Waals surface area contributed by atoms with E-state index in [0.29, 0.717) is 5.69 Å². The van der Waals surface area contributed by atoms with Crippen molar-refractivity contribution in [3.63, 3.8) is 0 Å². The van der Waals surface area contributed by atoms with Gasteiger partial charge in [0.15, 0.2) is 0 Å². The molecule has 0 amide bonds. The molecular weight excluding hydrogens is 214 g/mol. The van der Waals surface area contributed by atoms with Crippen LogP contribution in [0.2, 0.25) is 0 Å². The van der Waals surface area contributed by atoms with E-state index >= 15 is 0 Å². The van der Waals surface area contributed by atoms with E-state index in [-0.39, 0.29) is 5.95 Å². The molecule has 0 aliphatic heterocycles. The third kappa shape index (κ3) is 2.28. The summed E-state index contributed by atoms with van der Waals surface area (Å²) in [6, 6.07) is 7.62. The first-order valence-electron chi connectivity index (χ1n) is 5.23. The lowest BCUT2D eigenvalue weighted by molar-refractivity contribution is 1.13. The molecule has 0 fully saturated rings. The molecule has 1 aromatic carbocycles. The van der Waals surface area contributed by atoms with Gasteiger partial charge in [-0.25, -0.2) is 9.97 Å². The summed E-state index contributed by atoms with van der Waals surface area (Å²) in [5.41, 5.74) is 14.9. The maximum atomic E-state index is 5.98. The number of hydrogen-bond donors (Lipinski definition) is 2. The molecule has 2 aromatic rings. The van der Waals surface area contributed by atoms with Gasteiger partial charge in [-0.2, -0.15) is 0 Å². The highest BCUT2D eigenvalue weighted by Gasteiger charge is 2.05. The van der Waals surface area contributed by atoms with Crippen LogP contribution in [0.25, 0.3) is 11.3 Å². The third-order valence-electron chi connectivity index (χ3n) is 2.48. The predicted octanol–water partition coefficient (Wildman–Crippen LogP) is 1.37. The fraction of sp³-hybridized carbons (Fsp3) is 0.167. The van der Waals surface area contributed by atoms with Crippen LogP contribution in [0.5, 0.6) is 0 Å². The van der Waals surface area contributed by atoms with Gasteiger partial charge in [-0.15, -0.1) is 0 Å². The summed E-state index contributed by atoms with van der Waals surface area (Å²) in [7, 11) is 3.90. The molecule has 0 saturated heterocycles. The van der Waals surface area contributed by atoms with Crippen molar-refractivity contribution in [3.8, 4) is 11.3 Å². The summed E-state index contributed by atoms with van der Waals surface area (Å²) in [5.74, 6) is 0.262. The second-order valence-corrected chi connectivity index (χ2v) is 3.97. The van der Waals surface area contributed by atoms with Gasteiger partial charge in [-0.05, 0) is 18.2 Å². The van der Waals surface area contributed by atoms with Gasteiger partial charge in [0.05, 0.1) is 17.1 Å². The fourth-order valence-electron chi connectivity index (χ4n) is 1.66. The lowest BCUT2D eigenvalue weighted by Crippen LogP contribution is -2.10. The number of rotatable bonds is 2. The summed E-state index contributed by atoms with van der Waals surface area (Å²) in [4.78, 5) is 9.98. The number of nitrogen functional groups attached to an aromatic ring is 2. The molecule has 4 N–H and O–H groups in total. The number of nitrogens with two attached hydrogens (primary N) is 2. The maximum absolute atomic E-state index is 5.98. The van der Waals surface area contributed by atoms with Gasteiger partial charge in [0, 0.05) is 25.9 Å². The van der Waals surface area contributed by atoms with E-state index in [4.69, 9.17) is 11.5 Å².